The fourth-order valence-electron chi connectivity index (χ4n) is 4.68. The molecule has 2 aromatic carbocycles. The standard InChI is InChI=1S/C27H35F2N3O4S/c1-3-25(27(34)30-23-7-4-5-8-23)31(19-20-10-12-21(28)13-11-20)26(33)9-6-18-32(37(2,35)36)24-16-14-22(29)15-17-24/h10-17,23,25H,3-9,18-19H2,1-2H3,(H,30,34)/t25-/m0/s1. The SMILES string of the molecule is CC[C@@H](C(=O)NC1CCCC1)N(Cc1ccc(F)cc1)C(=O)CCCN(c1ccc(F)cc1)S(C)(=O)=O. The summed E-state index contributed by atoms with van der Waals surface area (Å²) in [5, 5.41) is 3.07. The minimum Gasteiger partial charge on any atom is -0.352 e. The molecule has 1 atom stereocenters. The smallest absolute Gasteiger partial charge is 0.243 e. The van der Waals surface area contributed by atoms with E-state index < -0.39 is 27.7 Å². The van der Waals surface area contributed by atoms with Crippen molar-refractivity contribution in [2.24, 2.45) is 0 Å². The lowest BCUT2D eigenvalue weighted by Crippen LogP contribution is -2.51. The van der Waals surface area contributed by atoms with Crippen LogP contribution in [0.1, 0.15) is 57.4 Å². The van der Waals surface area contributed by atoms with E-state index in [4.69, 9.17) is 0 Å². The van der Waals surface area contributed by atoms with Gasteiger partial charge in [-0.05, 0) is 67.6 Å². The lowest BCUT2D eigenvalue weighted by Gasteiger charge is -2.32. The summed E-state index contributed by atoms with van der Waals surface area (Å²) >= 11 is 0. The topological polar surface area (TPSA) is 86.8 Å². The fourth-order valence-corrected chi connectivity index (χ4v) is 5.65. The Morgan fingerprint density at radius 2 is 1.57 bits per heavy atom. The first-order valence-electron chi connectivity index (χ1n) is 12.7. The van der Waals surface area contributed by atoms with Gasteiger partial charge in [0.25, 0.3) is 0 Å². The quantitative estimate of drug-likeness (QED) is 0.437. The van der Waals surface area contributed by atoms with Gasteiger partial charge in [0, 0.05) is 25.6 Å². The summed E-state index contributed by atoms with van der Waals surface area (Å²) in [6.45, 7) is 1.98. The molecule has 0 aromatic heterocycles. The third-order valence-corrected chi connectivity index (χ3v) is 7.81. The number of carbonyl (C=O) groups excluding carboxylic acids is 2. The summed E-state index contributed by atoms with van der Waals surface area (Å²) in [6.07, 6.45) is 5.61. The second-order valence-electron chi connectivity index (χ2n) is 9.48. The molecule has 1 aliphatic rings. The summed E-state index contributed by atoms with van der Waals surface area (Å²) in [5.41, 5.74) is 0.993. The minimum atomic E-state index is -3.66. The number of rotatable bonds is 12. The first-order valence-corrected chi connectivity index (χ1v) is 14.5. The highest BCUT2D eigenvalue weighted by molar-refractivity contribution is 7.92. The highest BCUT2D eigenvalue weighted by Crippen LogP contribution is 2.21. The van der Waals surface area contributed by atoms with Gasteiger partial charge in [-0.3, -0.25) is 13.9 Å². The molecule has 37 heavy (non-hydrogen) atoms. The number of nitrogens with zero attached hydrogens (tertiary/aromatic N) is 2. The molecule has 0 bridgehead atoms. The van der Waals surface area contributed by atoms with E-state index in [1.807, 2.05) is 6.92 Å². The lowest BCUT2D eigenvalue weighted by atomic mass is 10.1. The molecule has 0 aliphatic heterocycles. The van der Waals surface area contributed by atoms with Crippen LogP contribution in [0.3, 0.4) is 0 Å². The van der Waals surface area contributed by atoms with Crippen molar-refractivity contribution in [2.45, 2.75) is 70.5 Å². The number of anilines is 1. The van der Waals surface area contributed by atoms with E-state index in [1.54, 1.807) is 12.1 Å². The van der Waals surface area contributed by atoms with Crippen LogP contribution in [0.4, 0.5) is 14.5 Å². The summed E-state index contributed by atoms with van der Waals surface area (Å²) in [7, 11) is -3.66. The maximum Gasteiger partial charge on any atom is 0.243 e. The zero-order valence-electron chi connectivity index (χ0n) is 21.3. The summed E-state index contributed by atoms with van der Waals surface area (Å²) < 4.78 is 52.6. The van der Waals surface area contributed by atoms with Crippen molar-refractivity contribution < 1.29 is 26.8 Å². The number of hydrogen-bond donors (Lipinski definition) is 1. The molecule has 202 valence electrons. The van der Waals surface area contributed by atoms with Crippen LogP contribution in [-0.4, -0.2) is 50.0 Å². The van der Waals surface area contributed by atoms with Gasteiger partial charge in [-0.2, -0.15) is 0 Å². The molecule has 0 saturated heterocycles. The summed E-state index contributed by atoms with van der Waals surface area (Å²) in [5.74, 6) is -1.39. The van der Waals surface area contributed by atoms with Crippen LogP contribution in [0.2, 0.25) is 0 Å². The van der Waals surface area contributed by atoms with Crippen molar-refractivity contribution in [1.29, 1.82) is 0 Å². The van der Waals surface area contributed by atoms with Crippen molar-refractivity contribution in [1.82, 2.24) is 10.2 Å². The molecule has 0 spiro atoms. The predicted octanol–water partition coefficient (Wildman–Crippen LogP) is 4.38. The van der Waals surface area contributed by atoms with Crippen LogP contribution in [0.5, 0.6) is 0 Å². The molecule has 1 aliphatic carbocycles. The van der Waals surface area contributed by atoms with Gasteiger partial charge >= 0.3 is 0 Å². The number of sulfonamides is 1. The van der Waals surface area contributed by atoms with Gasteiger partial charge in [0.05, 0.1) is 11.9 Å². The van der Waals surface area contributed by atoms with E-state index in [0.717, 1.165) is 36.2 Å². The van der Waals surface area contributed by atoms with Crippen LogP contribution >= 0.6 is 0 Å². The number of benzene rings is 2. The average molecular weight is 536 g/mol. The van der Waals surface area contributed by atoms with Gasteiger partial charge < -0.3 is 10.2 Å². The zero-order valence-corrected chi connectivity index (χ0v) is 22.1. The summed E-state index contributed by atoms with van der Waals surface area (Å²) in [4.78, 5) is 28.1. The number of hydrogen-bond acceptors (Lipinski definition) is 4. The molecule has 2 aromatic rings. The molecule has 0 unspecified atom stereocenters. The Labute approximate surface area is 217 Å². The van der Waals surface area contributed by atoms with Crippen LogP contribution in [0.25, 0.3) is 0 Å². The molecule has 3 rings (SSSR count). The van der Waals surface area contributed by atoms with Crippen LogP contribution < -0.4 is 9.62 Å². The van der Waals surface area contributed by atoms with E-state index >= 15 is 0 Å². The molecule has 1 N–H and O–H groups in total. The Morgan fingerprint density at radius 3 is 2.11 bits per heavy atom. The second kappa shape index (κ2) is 13.0. The Bertz CT molecular complexity index is 1150. The number of amides is 2. The van der Waals surface area contributed by atoms with Crippen molar-refractivity contribution >= 4 is 27.5 Å². The van der Waals surface area contributed by atoms with E-state index in [9.17, 15) is 26.8 Å². The molecule has 1 saturated carbocycles. The molecule has 1 fully saturated rings. The van der Waals surface area contributed by atoms with Crippen molar-refractivity contribution in [3.8, 4) is 0 Å². The Morgan fingerprint density at radius 1 is 1.00 bits per heavy atom. The highest BCUT2D eigenvalue weighted by Gasteiger charge is 2.30. The maximum absolute atomic E-state index is 13.4. The number of halogens is 2. The molecule has 2 amide bonds. The first kappa shape index (κ1) is 28.6. The largest absolute Gasteiger partial charge is 0.352 e. The third-order valence-electron chi connectivity index (χ3n) is 6.62. The van der Waals surface area contributed by atoms with E-state index in [1.165, 1.54) is 41.3 Å². The van der Waals surface area contributed by atoms with Gasteiger partial charge in [0.2, 0.25) is 21.8 Å². The van der Waals surface area contributed by atoms with Crippen LogP contribution in [0, 0.1) is 11.6 Å². The predicted molar refractivity (Wildman–Crippen MR) is 139 cm³/mol. The van der Waals surface area contributed by atoms with Crippen LogP contribution in [0.15, 0.2) is 48.5 Å². The lowest BCUT2D eigenvalue weighted by molar-refractivity contribution is -0.141. The minimum absolute atomic E-state index is 0.00161. The van der Waals surface area contributed by atoms with Gasteiger partial charge in [-0.25, -0.2) is 17.2 Å². The molecular formula is C27H35F2N3O4S. The Kier molecular flexibility index (Phi) is 10.0. The second-order valence-corrected chi connectivity index (χ2v) is 11.4. The summed E-state index contributed by atoms with van der Waals surface area (Å²) in [6, 6.07) is 10.3. The molecule has 7 nitrogen and oxygen atoms in total. The molecule has 0 heterocycles. The normalized spacial score (nSPS) is 14.8. The Hall–Kier alpha value is -3.01. The van der Waals surface area contributed by atoms with Gasteiger partial charge in [0.1, 0.15) is 17.7 Å². The average Bonchev–Trinajstić information content (AvgIpc) is 3.36. The zero-order chi connectivity index (χ0) is 27.0. The van der Waals surface area contributed by atoms with Crippen molar-refractivity contribution in [3.05, 3.63) is 65.7 Å². The van der Waals surface area contributed by atoms with E-state index in [2.05, 4.69) is 5.32 Å². The van der Waals surface area contributed by atoms with E-state index in [0.29, 0.717) is 17.7 Å². The highest BCUT2D eigenvalue weighted by atomic mass is 32.2. The molecule has 10 heteroatoms. The number of carbonyl (C=O) groups is 2. The molecular weight excluding hydrogens is 500 g/mol. The van der Waals surface area contributed by atoms with Gasteiger partial charge in [-0.1, -0.05) is 31.9 Å². The van der Waals surface area contributed by atoms with Crippen molar-refractivity contribution in [3.63, 3.8) is 0 Å². The third kappa shape index (κ3) is 8.24. The monoisotopic (exact) mass is 535 g/mol. The Balaban J connectivity index is 1.74. The van der Waals surface area contributed by atoms with Crippen molar-refractivity contribution in [2.75, 3.05) is 17.1 Å². The number of nitrogens with one attached hydrogen (secondary N) is 1. The fraction of sp³-hybridized carbons (Fsp3) is 0.481. The molecule has 0 radical (unpaired) electrons. The maximum atomic E-state index is 13.4. The van der Waals surface area contributed by atoms with Gasteiger partial charge in [-0.15, -0.1) is 0 Å². The first-order chi connectivity index (χ1) is 17.6. The van der Waals surface area contributed by atoms with E-state index in [-0.39, 0.29) is 43.8 Å². The van der Waals surface area contributed by atoms with Crippen LogP contribution in [-0.2, 0) is 26.2 Å². The van der Waals surface area contributed by atoms with Gasteiger partial charge in [0.15, 0.2) is 0 Å².